The highest BCUT2D eigenvalue weighted by Crippen LogP contribution is 2.23. The first-order valence-electron chi connectivity index (χ1n) is 10.6. The van der Waals surface area contributed by atoms with Crippen LogP contribution in [0.25, 0.3) is 22.1 Å². The molecule has 3 heterocycles. The molecule has 0 aliphatic heterocycles. The molecule has 0 saturated carbocycles. The van der Waals surface area contributed by atoms with E-state index in [0.717, 1.165) is 16.9 Å². The van der Waals surface area contributed by atoms with Gasteiger partial charge in [-0.15, -0.1) is 5.10 Å². The number of anilines is 1. The maximum Gasteiger partial charge on any atom is 0.266 e. The van der Waals surface area contributed by atoms with Gasteiger partial charge in [0.2, 0.25) is 0 Å². The molecule has 0 saturated heterocycles. The highest BCUT2D eigenvalue weighted by Gasteiger charge is 2.17. The van der Waals surface area contributed by atoms with Crippen LogP contribution in [0, 0.1) is 12.7 Å². The number of carbonyl (C=O) groups is 1. The number of fused-ring (bicyclic) bond motifs is 2. The SMILES string of the molecule is CCc1c(C)c2cccc(F)c2c(=O)n1-c1ccccc1.NC(=O)c1c(N)nn2cccnc12. The van der Waals surface area contributed by atoms with Crippen molar-refractivity contribution in [1.29, 1.82) is 0 Å². The monoisotopic (exact) mass is 458 g/mol. The van der Waals surface area contributed by atoms with Crippen molar-refractivity contribution in [2.24, 2.45) is 5.73 Å². The molecule has 172 valence electrons. The van der Waals surface area contributed by atoms with E-state index in [0.29, 0.717) is 17.5 Å². The van der Waals surface area contributed by atoms with Crippen LogP contribution in [0.4, 0.5) is 10.2 Å². The quantitative estimate of drug-likeness (QED) is 0.429. The summed E-state index contributed by atoms with van der Waals surface area (Å²) in [5.74, 6) is -0.981. The van der Waals surface area contributed by atoms with Crippen molar-refractivity contribution < 1.29 is 9.18 Å². The molecular formula is C25H23FN6O2. The number of halogens is 1. The summed E-state index contributed by atoms with van der Waals surface area (Å²) in [6.07, 6.45) is 3.90. The van der Waals surface area contributed by atoms with Crippen molar-refractivity contribution in [3.05, 3.63) is 100.0 Å². The summed E-state index contributed by atoms with van der Waals surface area (Å²) in [7, 11) is 0. The Kier molecular flexibility index (Phi) is 6.09. The summed E-state index contributed by atoms with van der Waals surface area (Å²) in [6, 6.07) is 15.9. The number of nitrogen functional groups attached to an aromatic ring is 1. The molecule has 0 unspecified atom stereocenters. The second kappa shape index (κ2) is 9.14. The first-order chi connectivity index (χ1) is 16.3. The fourth-order valence-electron chi connectivity index (χ4n) is 4.03. The molecule has 0 spiro atoms. The third-order valence-corrected chi connectivity index (χ3v) is 5.56. The minimum Gasteiger partial charge on any atom is -0.381 e. The Morgan fingerprint density at radius 3 is 2.50 bits per heavy atom. The molecule has 0 radical (unpaired) electrons. The Morgan fingerprint density at radius 2 is 1.82 bits per heavy atom. The number of nitrogens with zero attached hydrogens (tertiary/aromatic N) is 4. The number of para-hydroxylation sites is 1. The molecule has 9 heteroatoms. The Balaban J connectivity index is 0.000000180. The third-order valence-electron chi connectivity index (χ3n) is 5.56. The standard InChI is InChI=1S/C18H16FNO.C7H7N5O/c1-3-16-12(2)14-10-7-11-15(19)17(14)18(21)20(16)13-8-5-4-6-9-13;8-5-4(6(9)13)7-10-2-1-3-12(7)11-5/h4-11H,3H2,1-2H3;1-3H,(H2,8,11)(H2,9,13). The van der Waals surface area contributed by atoms with E-state index in [-0.39, 0.29) is 22.3 Å². The molecule has 3 aromatic heterocycles. The largest absolute Gasteiger partial charge is 0.381 e. The van der Waals surface area contributed by atoms with Crippen LogP contribution in [-0.2, 0) is 6.42 Å². The molecule has 0 atom stereocenters. The van der Waals surface area contributed by atoms with Gasteiger partial charge in [0.05, 0.1) is 5.39 Å². The summed E-state index contributed by atoms with van der Waals surface area (Å²) in [4.78, 5) is 27.7. The minimum absolute atomic E-state index is 0.103. The molecule has 8 nitrogen and oxygen atoms in total. The number of primary amides is 1. The van der Waals surface area contributed by atoms with Gasteiger partial charge in [0.15, 0.2) is 11.5 Å². The summed E-state index contributed by atoms with van der Waals surface area (Å²) in [5.41, 5.74) is 13.5. The lowest BCUT2D eigenvalue weighted by Gasteiger charge is -2.17. The lowest BCUT2D eigenvalue weighted by molar-refractivity contribution is 0.100. The van der Waals surface area contributed by atoms with E-state index in [4.69, 9.17) is 11.5 Å². The van der Waals surface area contributed by atoms with Crippen LogP contribution in [0.15, 0.2) is 71.8 Å². The number of rotatable bonds is 3. The number of hydrogen-bond acceptors (Lipinski definition) is 5. The van der Waals surface area contributed by atoms with Crippen molar-refractivity contribution in [3.8, 4) is 5.69 Å². The number of benzene rings is 2. The number of carbonyl (C=O) groups excluding carboxylic acids is 1. The van der Waals surface area contributed by atoms with E-state index in [9.17, 15) is 14.0 Å². The van der Waals surface area contributed by atoms with E-state index in [1.165, 1.54) is 10.6 Å². The van der Waals surface area contributed by atoms with Crippen LogP contribution in [0.1, 0.15) is 28.5 Å². The van der Waals surface area contributed by atoms with Gasteiger partial charge in [-0.05, 0) is 48.6 Å². The van der Waals surface area contributed by atoms with E-state index < -0.39 is 11.7 Å². The van der Waals surface area contributed by atoms with Crippen molar-refractivity contribution in [2.75, 3.05) is 5.73 Å². The smallest absolute Gasteiger partial charge is 0.266 e. The van der Waals surface area contributed by atoms with Crippen molar-refractivity contribution in [2.45, 2.75) is 20.3 Å². The molecule has 0 bridgehead atoms. The van der Waals surface area contributed by atoms with Crippen molar-refractivity contribution in [1.82, 2.24) is 19.2 Å². The highest BCUT2D eigenvalue weighted by atomic mass is 19.1. The molecule has 0 aliphatic rings. The van der Waals surface area contributed by atoms with Gasteiger partial charge >= 0.3 is 0 Å². The zero-order chi connectivity index (χ0) is 24.4. The van der Waals surface area contributed by atoms with Gasteiger partial charge in [0.1, 0.15) is 11.4 Å². The first-order valence-corrected chi connectivity index (χ1v) is 10.6. The van der Waals surface area contributed by atoms with Gasteiger partial charge in [-0.2, -0.15) is 0 Å². The highest BCUT2D eigenvalue weighted by molar-refractivity contribution is 6.03. The molecule has 34 heavy (non-hydrogen) atoms. The lowest BCUT2D eigenvalue weighted by Crippen LogP contribution is -2.24. The number of aryl methyl sites for hydroxylation is 1. The molecule has 2 aromatic carbocycles. The van der Waals surface area contributed by atoms with Crippen LogP contribution in [0.5, 0.6) is 0 Å². The topological polar surface area (TPSA) is 121 Å². The zero-order valence-electron chi connectivity index (χ0n) is 18.7. The molecule has 5 rings (SSSR count). The van der Waals surface area contributed by atoms with Gasteiger partial charge in [0, 0.05) is 23.8 Å². The van der Waals surface area contributed by atoms with Gasteiger partial charge < -0.3 is 11.5 Å². The second-order valence-electron chi connectivity index (χ2n) is 7.58. The Labute approximate surface area is 194 Å². The van der Waals surface area contributed by atoms with Crippen molar-refractivity contribution >= 4 is 28.1 Å². The van der Waals surface area contributed by atoms with E-state index in [1.807, 2.05) is 50.2 Å². The third kappa shape index (κ3) is 3.88. The predicted octanol–water partition coefficient (Wildman–Crippen LogP) is 3.41. The summed E-state index contributed by atoms with van der Waals surface area (Å²) >= 11 is 0. The average molecular weight is 458 g/mol. The first kappa shape index (κ1) is 22.7. The average Bonchev–Trinajstić information content (AvgIpc) is 3.18. The van der Waals surface area contributed by atoms with Gasteiger partial charge in [-0.25, -0.2) is 13.9 Å². The number of amides is 1. The van der Waals surface area contributed by atoms with Gasteiger partial charge in [-0.3, -0.25) is 14.2 Å². The maximum atomic E-state index is 14.1. The molecule has 1 amide bonds. The number of pyridine rings is 1. The van der Waals surface area contributed by atoms with Gasteiger partial charge in [-0.1, -0.05) is 37.3 Å². The maximum absolute atomic E-state index is 14.1. The fourth-order valence-corrected chi connectivity index (χ4v) is 4.03. The Morgan fingerprint density at radius 1 is 1.09 bits per heavy atom. The van der Waals surface area contributed by atoms with Crippen LogP contribution < -0.4 is 17.0 Å². The van der Waals surface area contributed by atoms with E-state index >= 15 is 0 Å². The van der Waals surface area contributed by atoms with Crippen LogP contribution >= 0.6 is 0 Å². The van der Waals surface area contributed by atoms with Crippen molar-refractivity contribution in [3.63, 3.8) is 0 Å². The fraction of sp³-hybridized carbons (Fsp3) is 0.120. The summed E-state index contributed by atoms with van der Waals surface area (Å²) < 4.78 is 17.2. The molecule has 0 aliphatic carbocycles. The minimum atomic E-state index is -0.619. The van der Waals surface area contributed by atoms with Crippen LogP contribution in [-0.4, -0.2) is 25.1 Å². The van der Waals surface area contributed by atoms with Gasteiger partial charge in [0.25, 0.3) is 11.5 Å². The number of nitrogens with two attached hydrogens (primary N) is 2. The molecule has 5 aromatic rings. The zero-order valence-corrected chi connectivity index (χ0v) is 18.7. The van der Waals surface area contributed by atoms with Crippen LogP contribution in [0.3, 0.4) is 0 Å². The Hall–Kier alpha value is -4.53. The van der Waals surface area contributed by atoms with E-state index in [1.54, 1.807) is 29.1 Å². The second-order valence-corrected chi connectivity index (χ2v) is 7.58. The molecular weight excluding hydrogens is 435 g/mol. The predicted molar refractivity (Wildman–Crippen MR) is 130 cm³/mol. The number of aromatic nitrogens is 4. The molecule has 0 fully saturated rings. The summed E-state index contributed by atoms with van der Waals surface area (Å²) in [5, 5.41) is 4.73. The summed E-state index contributed by atoms with van der Waals surface area (Å²) in [6.45, 7) is 3.95. The Bertz CT molecular complexity index is 1570. The van der Waals surface area contributed by atoms with E-state index in [2.05, 4.69) is 10.1 Å². The normalized spacial score (nSPS) is 10.8. The molecule has 4 N–H and O–H groups in total. The lowest BCUT2D eigenvalue weighted by atomic mass is 10.0. The number of hydrogen-bond donors (Lipinski definition) is 2. The van der Waals surface area contributed by atoms with Crippen LogP contribution in [0.2, 0.25) is 0 Å².